The lowest BCUT2D eigenvalue weighted by Crippen LogP contribution is -2.30. The summed E-state index contributed by atoms with van der Waals surface area (Å²) in [6, 6.07) is 14.3. The molecule has 0 spiro atoms. The van der Waals surface area contributed by atoms with Gasteiger partial charge in [-0.05, 0) is 74.7 Å². The Morgan fingerprint density at radius 1 is 1.06 bits per heavy atom. The molecule has 1 aliphatic rings. The number of carbonyl (C=O) groups is 2. The van der Waals surface area contributed by atoms with E-state index in [2.05, 4.69) is 0 Å². The zero-order chi connectivity index (χ0) is 25.4. The number of rotatable bonds is 5. The lowest BCUT2D eigenvalue weighted by Gasteiger charge is -2.27. The van der Waals surface area contributed by atoms with Crippen LogP contribution in [0.5, 0.6) is 11.5 Å². The van der Waals surface area contributed by atoms with Crippen molar-refractivity contribution in [2.75, 3.05) is 11.5 Å². The lowest BCUT2D eigenvalue weighted by atomic mass is 9.93. The Bertz CT molecular complexity index is 1380. The summed E-state index contributed by atoms with van der Waals surface area (Å²) in [5, 5.41) is 22.1. The molecule has 35 heavy (non-hydrogen) atoms. The summed E-state index contributed by atoms with van der Waals surface area (Å²) in [5.74, 6) is -1.70. The van der Waals surface area contributed by atoms with E-state index >= 15 is 0 Å². The van der Waals surface area contributed by atoms with E-state index in [-0.39, 0.29) is 22.8 Å². The molecule has 0 aromatic heterocycles. The van der Waals surface area contributed by atoms with E-state index in [4.69, 9.17) is 16.3 Å². The number of hydrogen-bond acceptors (Lipinski definition) is 5. The number of nitrogens with zero attached hydrogens (tertiary/aromatic N) is 1. The molecule has 1 amide bonds. The maximum atomic E-state index is 13.4. The number of halogens is 1. The fraction of sp³-hybridized carbons (Fsp3) is 0.214. The van der Waals surface area contributed by atoms with Gasteiger partial charge in [-0.25, -0.2) is 0 Å². The van der Waals surface area contributed by atoms with E-state index in [0.717, 1.165) is 11.1 Å². The van der Waals surface area contributed by atoms with Crippen LogP contribution in [0.15, 0.2) is 60.2 Å². The smallest absolute Gasteiger partial charge is 0.300 e. The molecule has 0 bridgehead atoms. The number of Topliss-reactive ketones (excluding diaryl/α,β-unsaturated/α-hetero) is 1. The second kappa shape index (κ2) is 9.47. The van der Waals surface area contributed by atoms with Crippen LogP contribution in [-0.2, 0) is 9.59 Å². The normalized spacial score (nSPS) is 17.2. The van der Waals surface area contributed by atoms with Crippen LogP contribution >= 0.6 is 11.6 Å². The van der Waals surface area contributed by atoms with Gasteiger partial charge in [0, 0.05) is 16.3 Å². The molecular formula is C28H26ClNO5. The summed E-state index contributed by atoms with van der Waals surface area (Å²) in [4.78, 5) is 28.2. The van der Waals surface area contributed by atoms with E-state index in [1.165, 1.54) is 11.0 Å². The molecule has 0 radical (unpaired) electrons. The first-order valence-corrected chi connectivity index (χ1v) is 11.6. The Labute approximate surface area is 209 Å². The van der Waals surface area contributed by atoms with Crippen molar-refractivity contribution in [2.24, 2.45) is 0 Å². The molecule has 3 aromatic rings. The number of amides is 1. The molecule has 1 heterocycles. The van der Waals surface area contributed by atoms with Gasteiger partial charge in [0.15, 0.2) is 11.5 Å². The number of aryl methyl sites for hydroxylation is 2. The van der Waals surface area contributed by atoms with Gasteiger partial charge < -0.3 is 14.9 Å². The van der Waals surface area contributed by atoms with Crippen molar-refractivity contribution < 1.29 is 24.5 Å². The van der Waals surface area contributed by atoms with Gasteiger partial charge in [0.25, 0.3) is 11.7 Å². The minimum absolute atomic E-state index is 0.0452. The van der Waals surface area contributed by atoms with Gasteiger partial charge in [0.1, 0.15) is 5.76 Å². The molecule has 180 valence electrons. The zero-order valence-corrected chi connectivity index (χ0v) is 20.7. The predicted molar refractivity (Wildman–Crippen MR) is 136 cm³/mol. The Balaban J connectivity index is 2.03. The van der Waals surface area contributed by atoms with Crippen LogP contribution in [0.3, 0.4) is 0 Å². The standard InChI is InChI=1S/C28H26ClNO5/c1-5-35-23-14-18(11-12-22(23)31)25-24(26(32)19-13-15(2)9-10-16(19)3)27(33)28(34)30(25)21-8-6-7-20(29)17(21)4/h6-14,25,31-32H,5H2,1-4H3/b26-24+. The number of aromatic hydroxyl groups is 1. The highest BCUT2D eigenvalue weighted by Gasteiger charge is 2.47. The van der Waals surface area contributed by atoms with Crippen LogP contribution < -0.4 is 9.64 Å². The number of aliphatic hydroxyl groups is 1. The predicted octanol–water partition coefficient (Wildman–Crippen LogP) is 6.00. The van der Waals surface area contributed by atoms with E-state index < -0.39 is 17.7 Å². The van der Waals surface area contributed by atoms with E-state index in [1.807, 2.05) is 26.0 Å². The molecule has 7 heteroatoms. The molecule has 3 aromatic carbocycles. The highest BCUT2D eigenvalue weighted by molar-refractivity contribution is 6.52. The molecule has 4 rings (SSSR count). The molecule has 1 fully saturated rings. The molecule has 1 atom stereocenters. The minimum atomic E-state index is -0.966. The average molecular weight is 492 g/mol. The lowest BCUT2D eigenvalue weighted by molar-refractivity contribution is -0.132. The van der Waals surface area contributed by atoms with Gasteiger partial charge in [-0.3, -0.25) is 14.5 Å². The minimum Gasteiger partial charge on any atom is -0.507 e. The second-order valence-electron chi connectivity index (χ2n) is 8.53. The van der Waals surface area contributed by atoms with Gasteiger partial charge in [0.2, 0.25) is 0 Å². The summed E-state index contributed by atoms with van der Waals surface area (Å²) in [5.41, 5.74) is 3.66. The maximum absolute atomic E-state index is 13.4. The van der Waals surface area contributed by atoms with E-state index in [1.54, 1.807) is 50.2 Å². The van der Waals surface area contributed by atoms with Gasteiger partial charge in [-0.15, -0.1) is 0 Å². The number of ketones is 1. The van der Waals surface area contributed by atoms with Crippen LogP contribution in [0.2, 0.25) is 5.02 Å². The van der Waals surface area contributed by atoms with Crippen LogP contribution in [0, 0.1) is 20.8 Å². The number of carbonyl (C=O) groups excluding carboxylic acids is 2. The topological polar surface area (TPSA) is 87.1 Å². The van der Waals surface area contributed by atoms with Gasteiger partial charge in [-0.1, -0.05) is 41.4 Å². The first-order valence-electron chi connectivity index (χ1n) is 11.2. The highest BCUT2D eigenvalue weighted by Crippen LogP contribution is 2.45. The van der Waals surface area contributed by atoms with E-state index in [0.29, 0.717) is 34.0 Å². The first kappa shape index (κ1) is 24.4. The molecule has 0 saturated carbocycles. The molecule has 2 N–H and O–H groups in total. The molecular weight excluding hydrogens is 466 g/mol. The summed E-state index contributed by atoms with van der Waals surface area (Å²) < 4.78 is 5.55. The number of phenols is 1. The van der Waals surface area contributed by atoms with Crippen molar-refractivity contribution in [1.29, 1.82) is 0 Å². The third-order valence-electron chi connectivity index (χ3n) is 6.19. The third kappa shape index (κ3) is 4.26. The Kier molecular flexibility index (Phi) is 6.59. The van der Waals surface area contributed by atoms with Crippen LogP contribution in [0.25, 0.3) is 5.76 Å². The van der Waals surface area contributed by atoms with Crippen molar-refractivity contribution in [1.82, 2.24) is 0 Å². The Morgan fingerprint density at radius 3 is 2.51 bits per heavy atom. The number of phenolic OH excluding ortho intramolecular Hbond substituents is 1. The number of hydrogen-bond donors (Lipinski definition) is 2. The molecule has 1 aliphatic heterocycles. The SMILES string of the molecule is CCOc1cc(C2/C(=C(\O)c3cc(C)ccc3C)C(=O)C(=O)N2c2cccc(Cl)c2C)ccc1O. The summed E-state index contributed by atoms with van der Waals surface area (Å²) in [7, 11) is 0. The van der Waals surface area contributed by atoms with Gasteiger partial charge >= 0.3 is 0 Å². The van der Waals surface area contributed by atoms with Crippen LogP contribution in [0.1, 0.15) is 40.8 Å². The van der Waals surface area contributed by atoms with E-state index in [9.17, 15) is 19.8 Å². The fourth-order valence-corrected chi connectivity index (χ4v) is 4.53. The molecule has 1 unspecified atom stereocenters. The van der Waals surface area contributed by atoms with Crippen LogP contribution in [0.4, 0.5) is 5.69 Å². The largest absolute Gasteiger partial charge is 0.507 e. The quantitative estimate of drug-likeness (QED) is 0.260. The summed E-state index contributed by atoms with van der Waals surface area (Å²) in [6.07, 6.45) is 0. The zero-order valence-electron chi connectivity index (χ0n) is 19.9. The van der Waals surface area contributed by atoms with Crippen molar-refractivity contribution >= 4 is 34.7 Å². The average Bonchev–Trinajstić information content (AvgIpc) is 3.09. The summed E-state index contributed by atoms with van der Waals surface area (Å²) >= 11 is 6.35. The number of aliphatic hydroxyl groups excluding tert-OH is 1. The molecule has 1 saturated heterocycles. The van der Waals surface area contributed by atoms with Crippen LogP contribution in [-0.4, -0.2) is 28.5 Å². The number of benzene rings is 3. The second-order valence-corrected chi connectivity index (χ2v) is 8.94. The summed E-state index contributed by atoms with van der Waals surface area (Å²) in [6.45, 7) is 7.58. The molecule has 0 aliphatic carbocycles. The van der Waals surface area contributed by atoms with Crippen molar-refractivity contribution in [3.05, 3.63) is 93.0 Å². The van der Waals surface area contributed by atoms with Crippen molar-refractivity contribution in [3.8, 4) is 11.5 Å². The fourth-order valence-electron chi connectivity index (χ4n) is 4.36. The Hall–Kier alpha value is -3.77. The highest BCUT2D eigenvalue weighted by atomic mass is 35.5. The number of anilines is 1. The Morgan fingerprint density at radius 2 is 1.80 bits per heavy atom. The van der Waals surface area contributed by atoms with Gasteiger partial charge in [-0.2, -0.15) is 0 Å². The molecule has 6 nitrogen and oxygen atoms in total. The maximum Gasteiger partial charge on any atom is 0.300 e. The van der Waals surface area contributed by atoms with Crippen molar-refractivity contribution in [2.45, 2.75) is 33.7 Å². The van der Waals surface area contributed by atoms with Gasteiger partial charge in [0.05, 0.1) is 18.2 Å². The monoisotopic (exact) mass is 491 g/mol. The third-order valence-corrected chi connectivity index (χ3v) is 6.60. The van der Waals surface area contributed by atoms with Crippen molar-refractivity contribution in [3.63, 3.8) is 0 Å². The first-order chi connectivity index (χ1) is 16.6. The number of ether oxygens (including phenoxy) is 1.